The van der Waals surface area contributed by atoms with Crippen molar-refractivity contribution >= 4 is 5.78 Å². The molecule has 1 aromatic heterocycles. The van der Waals surface area contributed by atoms with Gasteiger partial charge in [0.2, 0.25) is 5.78 Å². The zero-order chi connectivity index (χ0) is 17.2. The van der Waals surface area contributed by atoms with Gasteiger partial charge in [-0.05, 0) is 30.5 Å². The van der Waals surface area contributed by atoms with Gasteiger partial charge in [0.15, 0.2) is 5.60 Å². The Labute approximate surface area is 140 Å². The molecule has 24 heavy (non-hydrogen) atoms. The number of aryl methyl sites for hydroxylation is 2. The second kappa shape index (κ2) is 6.37. The Morgan fingerprint density at radius 3 is 2.38 bits per heavy atom. The smallest absolute Gasteiger partial charge is 0.201 e. The summed E-state index contributed by atoms with van der Waals surface area (Å²) >= 11 is 0. The molecule has 0 bridgehead atoms. The Kier molecular flexibility index (Phi) is 4.27. The Bertz CT molecular complexity index is 859. The summed E-state index contributed by atoms with van der Waals surface area (Å²) in [4.78, 5) is 17.2. The van der Waals surface area contributed by atoms with Crippen LogP contribution in [0.4, 0.5) is 0 Å². The average Bonchev–Trinajstić information content (AvgIpc) is 3.07. The fourth-order valence-corrected chi connectivity index (χ4v) is 2.92. The second-order valence-corrected chi connectivity index (χ2v) is 5.91. The molecule has 2 aromatic carbocycles. The van der Waals surface area contributed by atoms with Crippen LogP contribution < -0.4 is 0 Å². The molecular formula is C19H19N3O2. The minimum atomic E-state index is -1.72. The van der Waals surface area contributed by atoms with Crippen LogP contribution in [0.3, 0.4) is 0 Å². The summed E-state index contributed by atoms with van der Waals surface area (Å²) in [5.74, 6) is -0.342. The van der Waals surface area contributed by atoms with Crippen LogP contribution in [0.2, 0.25) is 0 Å². The van der Waals surface area contributed by atoms with E-state index < -0.39 is 5.60 Å². The lowest BCUT2D eigenvalue weighted by Gasteiger charge is -2.29. The molecule has 0 saturated heterocycles. The molecule has 0 amide bonds. The van der Waals surface area contributed by atoms with E-state index in [9.17, 15) is 9.90 Å². The average molecular weight is 321 g/mol. The fraction of sp³-hybridized carbons (Fsp3) is 0.211. The van der Waals surface area contributed by atoms with E-state index in [2.05, 4.69) is 10.1 Å². The Morgan fingerprint density at radius 1 is 1.08 bits per heavy atom. The first-order valence-electron chi connectivity index (χ1n) is 7.74. The summed E-state index contributed by atoms with van der Waals surface area (Å²) in [5.41, 5.74) is 1.04. The van der Waals surface area contributed by atoms with E-state index in [0.717, 1.165) is 11.1 Å². The van der Waals surface area contributed by atoms with Gasteiger partial charge in [-0.2, -0.15) is 5.10 Å². The molecule has 0 spiro atoms. The Hall–Kier alpha value is -2.79. The van der Waals surface area contributed by atoms with E-state index in [1.165, 1.54) is 17.3 Å². The molecule has 5 heteroatoms. The number of aromatic nitrogens is 3. The molecule has 0 aliphatic heterocycles. The van der Waals surface area contributed by atoms with Gasteiger partial charge < -0.3 is 5.11 Å². The molecule has 0 fully saturated rings. The van der Waals surface area contributed by atoms with E-state index >= 15 is 0 Å². The van der Waals surface area contributed by atoms with E-state index in [1.807, 2.05) is 44.2 Å². The topological polar surface area (TPSA) is 68.0 Å². The van der Waals surface area contributed by atoms with Crippen LogP contribution in [0, 0.1) is 13.8 Å². The first-order valence-corrected chi connectivity index (χ1v) is 7.74. The lowest BCUT2D eigenvalue weighted by molar-refractivity contribution is 0.0178. The molecule has 0 radical (unpaired) electrons. The van der Waals surface area contributed by atoms with Crippen molar-refractivity contribution in [2.75, 3.05) is 0 Å². The number of rotatable bonds is 5. The van der Waals surface area contributed by atoms with E-state index in [1.54, 1.807) is 18.2 Å². The quantitative estimate of drug-likeness (QED) is 0.734. The minimum absolute atomic E-state index is 0.00498. The van der Waals surface area contributed by atoms with Crippen LogP contribution in [0.15, 0.2) is 61.2 Å². The van der Waals surface area contributed by atoms with E-state index in [0.29, 0.717) is 11.1 Å². The van der Waals surface area contributed by atoms with Crippen molar-refractivity contribution in [3.63, 3.8) is 0 Å². The highest BCUT2D eigenvalue weighted by Crippen LogP contribution is 2.31. The molecule has 122 valence electrons. The van der Waals surface area contributed by atoms with Gasteiger partial charge in [-0.25, -0.2) is 9.67 Å². The standard InChI is InChI=1S/C19H19N3O2/c1-14-7-3-5-9-16(14)18(23)19(24,11-22-13-20-12-21-22)17-10-6-4-8-15(17)2/h3-10,12-13,24H,11H2,1-2H3. The molecule has 3 aromatic rings. The van der Waals surface area contributed by atoms with Crippen LogP contribution in [0.1, 0.15) is 27.0 Å². The number of benzene rings is 2. The summed E-state index contributed by atoms with van der Waals surface area (Å²) in [6.07, 6.45) is 2.88. The lowest BCUT2D eigenvalue weighted by atomic mass is 9.82. The van der Waals surface area contributed by atoms with Crippen LogP contribution in [0.5, 0.6) is 0 Å². The van der Waals surface area contributed by atoms with Gasteiger partial charge in [0.25, 0.3) is 0 Å². The number of nitrogens with zero attached hydrogens (tertiary/aromatic N) is 3. The largest absolute Gasteiger partial charge is 0.375 e. The van der Waals surface area contributed by atoms with Crippen molar-refractivity contribution in [1.82, 2.24) is 14.8 Å². The van der Waals surface area contributed by atoms with Crippen molar-refractivity contribution < 1.29 is 9.90 Å². The van der Waals surface area contributed by atoms with Gasteiger partial charge in [0.1, 0.15) is 12.7 Å². The number of Topliss-reactive ketones (excluding diaryl/α,β-unsaturated/α-hetero) is 1. The predicted octanol–water partition coefficient (Wildman–Crippen LogP) is 2.67. The van der Waals surface area contributed by atoms with Crippen LogP contribution >= 0.6 is 0 Å². The summed E-state index contributed by atoms with van der Waals surface area (Å²) in [6.45, 7) is 3.75. The summed E-state index contributed by atoms with van der Waals surface area (Å²) in [7, 11) is 0. The molecule has 1 atom stereocenters. The molecule has 1 N–H and O–H groups in total. The number of hydrogen-bond donors (Lipinski definition) is 1. The maximum absolute atomic E-state index is 13.3. The van der Waals surface area contributed by atoms with Gasteiger partial charge in [0, 0.05) is 5.56 Å². The van der Waals surface area contributed by atoms with Gasteiger partial charge in [-0.3, -0.25) is 4.79 Å². The van der Waals surface area contributed by atoms with Crippen molar-refractivity contribution in [2.24, 2.45) is 0 Å². The fourth-order valence-electron chi connectivity index (χ4n) is 2.92. The third-order valence-corrected chi connectivity index (χ3v) is 4.21. The lowest BCUT2D eigenvalue weighted by Crippen LogP contribution is -2.41. The number of carbonyl (C=O) groups excluding carboxylic acids is 1. The Morgan fingerprint density at radius 2 is 1.75 bits per heavy atom. The van der Waals surface area contributed by atoms with Crippen molar-refractivity contribution in [2.45, 2.75) is 26.0 Å². The first kappa shape index (κ1) is 16.1. The molecule has 3 rings (SSSR count). The van der Waals surface area contributed by atoms with Crippen molar-refractivity contribution in [3.05, 3.63) is 83.4 Å². The first-order chi connectivity index (χ1) is 11.5. The molecular weight excluding hydrogens is 302 g/mol. The molecule has 5 nitrogen and oxygen atoms in total. The molecule has 1 unspecified atom stereocenters. The zero-order valence-electron chi connectivity index (χ0n) is 13.7. The van der Waals surface area contributed by atoms with E-state index in [4.69, 9.17) is 0 Å². The maximum Gasteiger partial charge on any atom is 0.201 e. The maximum atomic E-state index is 13.3. The van der Waals surface area contributed by atoms with Crippen LogP contribution in [0.25, 0.3) is 0 Å². The highest BCUT2D eigenvalue weighted by molar-refractivity contribution is 6.04. The number of carbonyl (C=O) groups is 1. The molecule has 0 saturated carbocycles. The SMILES string of the molecule is Cc1ccccc1C(=O)C(O)(Cn1cncn1)c1ccccc1C. The minimum Gasteiger partial charge on any atom is -0.375 e. The third-order valence-electron chi connectivity index (χ3n) is 4.21. The van der Waals surface area contributed by atoms with E-state index in [-0.39, 0.29) is 12.3 Å². The highest BCUT2D eigenvalue weighted by Gasteiger charge is 2.40. The van der Waals surface area contributed by atoms with Gasteiger partial charge >= 0.3 is 0 Å². The highest BCUT2D eigenvalue weighted by atomic mass is 16.3. The van der Waals surface area contributed by atoms with Crippen molar-refractivity contribution in [3.8, 4) is 0 Å². The van der Waals surface area contributed by atoms with Crippen LogP contribution in [-0.4, -0.2) is 25.7 Å². The predicted molar refractivity (Wildman–Crippen MR) is 90.6 cm³/mol. The summed E-state index contributed by atoms with van der Waals surface area (Å²) in [5, 5.41) is 15.5. The number of aliphatic hydroxyl groups is 1. The Balaban J connectivity index is 2.13. The van der Waals surface area contributed by atoms with Gasteiger partial charge in [0.05, 0.1) is 6.54 Å². The third kappa shape index (κ3) is 2.86. The number of hydrogen-bond acceptors (Lipinski definition) is 4. The van der Waals surface area contributed by atoms with Crippen molar-refractivity contribution in [1.29, 1.82) is 0 Å². The molecule has 1 heterocycles. The summed E-state index contributed by atoms with van der Waals surface area (Å²) < 4.78 is 1.47. The summed E-state index contributed by atoms with van der Waals surface area (Å²) in [6, 6.07) is 14.6. The van der Waals surface area contributed by atoms with Gasteiger partial charge in [-0.15, -0.1) is 0 Å². The zero-order valence-corrected chi connectivity index (χ0v) is 13.7. The normalized spacial score (nSPS) is 13.5. The van der Waals surface area contributed by atoms with Crippen LogP contribution in [-0.2, 0) is 12.1 Å². The molecule has 0 aliphatic rings. The van der Waals surface area contributed by atoms with Gasteiger partial charge in [-0.1, -0.05) is 48.5 Å². The second-order valence-electron chi connectivity index (χ2n) is 5.91. The number of ketones is 1. The monoisotopic (exact) mass is 321 g/mol. The molecule has 0 aliphatic carbocycles.